The van der Waals surface area contributed by atoms with Crippen LogP contribution >= 0.6 is 0 Å². The van der Waals surface area contributed by atoms with Crippen LogP contribution in [-0.2, 0) is 11.3 Å². The molecule has 1 saturated heterocycles. The Bertz CT molecular complexity index is 730. The summed E-state index contributed by atoms with van der Waals surface area (Å²) in [5.74, 6) is 1.15. The Kier molecular flexibility index (Phi) is 4.58. The monoisotopic (exact) mass is 317 g/mol. The molecule has 0 atom stereocenters. The molecule has 1 fully saturated rings. The van der Waals surface area contributed by atoms with Crippen molar-refractivity contribution in [2.24, 2.45) is 5.92 Å². The van der Waals surface area contributed by atoms with Crippen LogP contribution in [0.4, 0.5) is 0 Å². The highest BCUT2D eigenvalue weighted by Crippen LogP contribution is 2.16. The molecule has 124 valence electrons. The summed E-state index contributed by atoms with van der Waals surface area (Å²) in [6.45, 7) is 8.25. The fourth-order valence-corrected chi connectivity index (χ4v) is 2.98. The Balaban J connectivity index is 1.70. The summed E-state index contributed by atoms with van der Waals surface area (Å²) in [4.78, 5) is 14.4. The minimum Gasteiger partial charge on any atom is -0.383 e. The number of aromatic nitrogens is 4. The molecule has 2 aromatic rings. The van der Waals surface area contributed by atoms with Gasteiger partial charge in [-0.2, -0.15) is 5.10 Å². The van der Waals surface area contributed by atoms with Crippen molar-refractivity contribution in [3.63, 3.8) is 0 Å². The third-order valence-electron chi connectivity index (χ3n) is 4.15. The van der Waals surface area contributed by atoms with Crippen LogP contribution in [0.2, 0.25) is 0 Å². The molecule has 0 aromatic carbocycles. The number of ether oxygens (including phenoxy) is 1. The second kappa shape index (κ2) is 6.64. The molecule has 7 nitrogen and oxygen atoms in total. The number of methoxy groups -OCH3 is 1. The maximum atomic E-state index is 12.1. The van der Waals surface area contributed by atoms with Crippen molar-refractivity contribution in [3.05, 3.63) is 39.9 Å². The molecule has 3 rings (SSSR count). The molecule has 0 radical (unpaired) electrons. The minimum absolute atomic E-state index is 0.0642. The molecule has 0 saturated carbocycles. The number of aryl methyl sites for hydroxylation is 2. The lowest BCUT2D eigenvalue weighted by molar-refractivity contribution is 0.0541. The molecule has 0 unspecified atom stereocenters. The molecule has 0 amide bonds. The van der Waals surface area contributed by atoms with E-state index >= 15 is 0 Å². The average Bonchev–Trinajstić information content (AvgIpc) is 2.82. The summed E-state index contributed by atoms with van der Waals surface area (Å²) >= 11 is 0. The summed E-state index contributed by atoms with van der Waals surface area (Å²) in [6.07, 6.45) is 0. The maximum absolute atomic E-state index is 12.1. The van der Waals surface area contributed by atoms with E-state index in [9.17, 15) is 4.79 Å². The molecule has 1 aliphatic rings. The van der Waals surface area contributed by atoms with Crippen LogP contribution in [0.5, 0.6) is 0 Å². The van der Waals surface area contributed by atoms with E-state index in [0.717, 1.165) is 37.6 Å². The van der Waals surface area contributed by atoms with Gasteiger partial charge in [0, 0.05) is 44.4 Å². The SMILES string of the molecule is COCCN1CC(Cn2nc(-n3nc(C)cc3C)ccc2=O)C1. The van der Waals surface area contributed by atoms with Crippen molar-refractivity contribution in [2.75, 3.05) is 33.4 Å². The van der Waals surface area contributed by atoms with Crippen molar-refractivity contribution >= 4 is 0 Å². The van der Waals surface area contributed by atoms with Crippen molar-refractivity contribution in [1.29, 1.82) is 0 Å². The molecule has 1 aliphatic heterocycles. The number of likely N-dealkylation sites (tertiary alicyclic amines) is 1. The maximum Gasteiger partial charge on any atom is 0.266 e. The van der Waals surface area contributed by atoms with Gasteiger partial charge in [0.1, 0.15) is 0 Å². The molecule has 0 spiro atoms. The van der Waals surface area contributed by atoms with Gasteiger partial charge in [-0.3, -0.25) is 4.79 Å². The highest BCUT2D eigenvalue weighted by Gasteiger charge is 2.27. The van der Waals surface area contributed by atoms with Crippen LogP contribution in [-0.4, -0.2) is 57.8 Å². The Labute approximate surface area is 135 Å². The van der Waals surface area contributed by atoms with E-state index in [1.165, 1.54) is 0 Å². The highest BCUT2D eigenvalue weighted by molar-refractivity contribution is 5.23. The van der Waals surface area contributed by atoms with Gasteiger partial charge in [-0.25, -0.2) is 9.36 Å². The van der Waals surface area contributed by atoms with Crippen LogP contribution in [0.3, 0.4) is 0 Å². The molecular formula is C16H23N5O2. The van der Waals surface area contributed by atoms with Gasteiger partial charge in [0.15, 0.2) is 5.82 Å². The first-order chi connectivity index (χ1) is 11.1. The zero-order valence-corrected chi connectivity index (χ0v) is 13.9. The lowest BCUT2D eigenvalue weighted by Crippen LogP contribution is -2.50. The predicted octanol–water partition coefficient (Wildman–Crippen LogP) is 0.624. The lowest BCUT2D eigenvalue weighted by Gasteiger charge is -2.39. The molecule has 23 heavy (non-hydrogen) atoms. The van der Waals surface area contributed by atoms with Crippen LogP contribution in [0.15, 0.2) is 23.0 Å². The van der Waals surface area contributed by atoms with E-state index < -0.39 is 0 Å². The van der Waals surface area contributed by atoms with E-state index in [1.807, 2.05) is 19.9 Å². The largest absolute Gasteiger partial charge is 0.383 e. The second-order valence-corrected chi connectivity index (χ2v) is 6.17. The Morgan fingerprint density at radius 2 is 2.04 bits per heavy atom. The predicted molar refractivity (Wildman–Crippen MR) is 86.9 cm³/mol. The van der Waals surface area contributed by atoms with E-state index in [4.69, 9.17) is 4.74 Å². The van der Waals surface area contributed by atoms with E-state index in [0.29, 0.717) is 18.3 Å². The van der Waals surface area contributed by atoms with Crippen molar-refractivity contribution in [3.8, 4) is 5.82 Å². The zero-order chi connectivity index (χ0) is 16.4. The number of rotatable bonds is 6. The van der Waals surface area contributed by atoms with Gasteiger partial charge in [0.25, 0.3) is 5.56 Å². The topological polar surface area (TPSA) is 65.2 Å². The van der Waals surface area contributed by atoms with Gasteiger partial charge in [0.2, 0.25) is 0 Å². The quantitative estimate of drug-likeness (QED) is 0.782. The molecule has 0 N–H and O–H groups in total. The third-order valence-corrected chi connectivity index (χ3v) is 4.15. The van der Waals surface area contributed by atoms with E-state index in [1.54, 1.807) is 28.6 Å². The van der Waals surface area contributed by atoms with Gasteiger partial charge in [-0.1, -0.05) is 0 Å². The fraction of sp³-hybridized carbons (Fsp3) is 0.562. The standard InChI is InChI=1S/C16H23N5O2/c1-12-8-13(2)21(17-12)15-4-5-16(22)20(18-15)11-14-9-19(10-14)6-7-23-3/h4-5,8,14H,6-7,9-11H2,1-3H3. The van der Waals surface area contributed by atoms with Crippen LogP contribution < -0.4 is 5.56 Å². The van der Waals surface area contributed by atoms with Gasteiger partial charge in [-0.15, -0.1) is 5.10 Å². The summed E-state index contributed by atoms with van der Waals surface area (Å²) in [7, 11) is 1.71. The highest BCUT2D eigenvalue weighted by atomic mass is 16.5. The molecule has 7 heteroatoms. The third kappa shape index (κ3) is 3.51. The molecular weight excluding hydrogens is 294 g/mol. The molecule has 0 bridgehead atoms. The van der Waals surface area contributed by atoms with Crippen LogP contribution in [0, 0.1) is 19.8 Å². The van der Waals surface area contributed by atoms with E-state index in [2.05, 4.69) is 15.1 Å². The van der Waals surface area contributed by atoms with Gasteiger partial charge in [0.05, 0.1) is 18.8 Å². The van der Waals surface area contributed by atoms with Crippen molar-refractivity contribution in [1.82, 2.24) is 24.5 Å². The summed E-state index contributed by atoms with van der Waals surface area (Å²) in [5, 5.41) is 8.91. The smallest absolute Gasteiger partial charge is 0.266 e. The Morgan fingerprint density at radius 1 is 1.26 bits per heavy atom. The molecule has 2 aromatic heterocycles. The van der Waals surface area contributed by atoms with E-state index in [-0.39, 0.29) is 5.56 Å². The number of hydrogen-bond acceptors (Lipinski definition) is 5. The number of hydrogen-bond donors (Lipinski definition) is 0. The zero-order valence-electron chi connectivity index (χ0n) is 13.9. The second-order valence-electron chi connectivity index (χ2n) is 6.17. The van der Waals surface area contributed by atoms with Gasteiger partial charge in [-0.05, 0) is 26.0 Å². The lowest BCUT2D eigenvalue weighted by atomic mass is 10.0. The minimum atomic E-state index is -0.0642. The Hall–Kier alpha value is -1.99. The number of nitrogens with zero attached hydrogens (tertiary/aromatic N) is 5. The first-order valence-electron chi connectivity index (χ1n) is 7.90. The first kappa shape index (κ1) is 15.9. The molecule has 0 aliphatic carbocycles. The van der Waals surface area contributed by atoms with Gasteiger partial charge < -0.3 is 9.64 Å². The normalized spacial score (nSPS) is 15.8. The fourth-order valence-electron chi connectivity index (χ4n) is 2.98. The van der Waals surface area contributed by atoms with Crippen LogP contribution in [0.25, 0.3) is 5.82 Å². The summed E-state index contributed by atoms with van der Waals surface area (Å²) in [5.41, 5.74) is 1.88. The van der Waals surface area contributed by atoms with Crippen molar-refractivity contribution < 1.29 is 4.74 Å². The Morgan fingerprint density at radius 3 is 2.70 bits per heavy atom. The van der Waals surface area contributed by atoms with Crippen molar-refractivity contribution in [2.45, 2.75) is 20.4 Å². The molecule has 3 heterocycles. The van der Waals surface area contributed by atoms with Gasteiger partial charge >= 0.3 is 0 Å². The summed E-state index contributed by atoms with van der Waals surface area (Å²) < 4.78 is 8.41. The van der Waals surface area contributed by atoms with Crippen LogP contribution in [0.1, 0.15) is 11.4 Å². The summed E-state index contributed by atoms with van der Waals surface area (Å²) in [6, 6.07) is 5.29. The first-order valence-corrected chi connectivity index (χ1v) is 7.90. The average molecular weight is 317 g/mol.